The van der Waals surface area contributed by atoms with Crippen LogP contribution in [0.5, 0.6) is 0 Å². The average Bonchev–Trinajstić information content (AvgIpc) is 3.07. The number of aryl methyl sites for hydroxylation is 2. The van der Waals surface area contributed by atoms with Crippen LogP contribution in [-0.2, 0) is 20.9 Å². The number of benzene rings is 1. The number of esters is 1. The van der Waals surface area contributed by atoms with Gasteiger partial charge in [0.05, 0.1) is 19.6 Å². The van der Waals surface area contributed by atoms with Gasteiger partial charge < -0.3 is 14.1 Å². The highest BCUT2D eigenvalue weighted by Crippen LogP contribution is 2.36. The Morgan fingerprint density at radius 3 is 2.70 bits per heavy atom. The first-order valence-corrected chi connectivity index (χ1v) is 10.5. The van der Waals surface area contributed by atoms with Crippen molar-refractivity contribution >= 4 is 22.8 Å². The van der Waals surface area contributed by atoms with Crippen LogP contribution in [-0.4, -0.2) is 54.0 Å². The molecular weight excluding hydrogens is 384 g/mol. The van der Waals surface area contributed by atoms with Gasteiger partial charge in [-0.05, 0) is 49.4 Å². The largest absolute Gasteiger partial charge is 0.469 e. The van der Waals surface area contributed by atoms with Crippen molar-refractivity contribution < 1.29 is 18.7 Å². The molecule has 2 aromatic rings. The normalized spacial score (nSPS) is 24.3. The van der Waals surface area contributed by atoms with Crippen molar-refractivity contribution in [3.05, 3.63) is 45.3 Å². The third-order valence-electron chi connectivity index (χ3n) is 6.43. The first-order chi connectivity index (χ1) is 14.3. The van der Waals surface area contributed by atoms with Gasteiger partial charge in [0.25, 0.3) is 0 Å². The van der Waals surface area contributed by atoms with Crippen molar-refractivity contribution in [2.75, 3.05) is 20.2 Å². The Morgan fingerprint density at radius 1 is 1.23 bits per heavy atom. The van der Waals surface area contributed by atoms with E-state index in [9.17, 15) is 14.4 Å². The molecular formula is C23H28N2O5. The van der Waals surface area contributed by atoms with E-state index in [0.29, 0.717) is 25.1 Å². The number of nitrogens with zero attached hydrogens (tertiary/aromatic N) is 2. The molecule has 0 unspecified atom stereocenters. The number of rotatable bonds is 4. The lowest BCUT2D eigenvalue weighted by molar-refractivity contribution is -0.147. The molecule has 1 aromatic carbocycles. The zero-order valence-corrected chi connectivity index (χ0v) is 17.9. The van der Waals surface area contributed by atoms with Crippen molar-refractivity contribution in [1.82, 2.24) is 9.80 Å². The van der Waals surface area contributed by atoms with Crippen LogP contribution >= 0.6 is 0 Å². The third-order valence-corrected chi connectivity index (χ3v) is 6.43. The lowest BCUT2D eigenvalue weighted by atomic mass is 9.97. The summed E-state index contributed by atoms with van der Waals surface area (Å²) in [4.78, 5) is 41.3. The number of methoxy groups -OCH3 is 1. The standard InChI is InChI=1S/C23H28N2O5/c1-5-19-18(23(28)29-4)9-16-11-24(12-20(26)25(16)19)10-15-8-21(27)30-22-14(3)6-13(2)7-17(15)22/h6-8,16,18-19H,5,9-12H2,1-4H3/t16-,18-,19-/m0/s1. The van der Waals surface area contributed by atoms with Gasteiger partial charge in [-0.25, -0.2) is 4.79 Å². The summed E-state index contributed by atoms with van der Waals surface area (Å²) < 4.78 is 10.4. The summed E-state index contributed by atoms with van der Waals surface area (Å²) in [7, 11) is 1.40. The van der Waals surface area contributed by atoms with Gasteiger partial charge in [-0.15, -0.1) is 0 Å². The van der Waals surface area contributed by atoms with E-state index >= 15 is 0 Å². The van der Waals surface area contributed by atoms with Gasteiger partial charge in [-0.2, -0.15) is 0 Å². The molecule has 4 rings (SSSR count). The Bertz CT molecular complexity index is 1060. The topological polar surface area (TPSA) is 80.1 Å². The molecule has 0 bridgehead atoms. The van der Waals surface area contributed by atoms with Gasteiger partial charge in [0.2, 0.25) is 5.91 Å². The molecule has 2 aliphatic heterocycles. The molecule has 1 amide bonds. The van der Waals surface area contributed by atoms with Crippen LogP contribution in [0, 0.1) is 19.8 Å². The lowest BCUT2D eigenvalue weighted by Gasteiger charge is -2.39. The van der Waals surface area contributed by atoms with Crippen molar-refractivity contribution in [3.63, 3.8) is 0 Å². The maximum Gasteiger partial charge on any atom is 0.336 e. The number of carbonyl (C=O) groups excluding carboxylic acids is 2. The smallest absolute Gasteiger partial charge is 0.336 e. The van der Waals surface area contributed by atoms with E-state index in [1.54, 1.807) is 0 Å². The first kappa shape index (κ1) is 20.6. The highest BCUT2D eigenvalue weighted by molar-refractivity contribution is 5.85. The summed E-state index contributed by atoms with van der Waals surface area (Å²) in [5, 5.41) is 0.910. The Balaban J connectivity index is 1.62. The van der Waals surface area contributed by atoms with E-state index < -0.39 is 0 Å². The van der Waals surface area contributed by atoms with Gasteiger partial charge >= 0.3 is 11.6 Å². The second kappa shape index (κ2) is 7.87. The van der Waals surface area contributed by atoms with E-state index in [0.717, 1.165) is 28.5 Å². The van der Waals surface area contributed by atoms with Crippen molar-refractivity contribution in [3.8, 4) is 0 Å². The Labute approximate surface area is 175 Å². The molecule has 3 atom stereocenters. The average molecular weight is 412 g/mol. The summed E-state index contributed by atoms with van der Waals surface area (Å²) in [5.41, 5.74) is 3.10. The quantitative estimate of drug-likeness (QED) is 0.567. The monoisotopic (exact) mass is 412 g/mol. The van der Waals surface area contributed by atoms with Crippen LogP contribution in [0.1, 0.15) is 36.5 Å². The minimum Gasteiger partial charge on any atom is -0.469 e. The summed E-state index contributed by atoms with van der Waals surface area (Å²) in [6.45, 7) is 7.37. The minimum atomic E-state index is -0.382. The molecule has 0 N–H and O–H groups in total. The van der Waals surface area contributed by atoms with Gasteiger partial charge in [0, 0.05) is 36.6 Å². The van der Waals surface area contributed by atoms with Crippen LogP contribution in [0.3, 0.4) is 0 Å². The van der Waals surface area contributed by atoms with E-state index in [1.165, 1.54) is 13.2 Å². The molecule has 30 heavy (non-hydrogen) atoms. The number of hydrogen-bond acceptors (Lipinski definition) is 6. The van der Waals surface area contributed by atoms with Crippen LogP contribution in [0.2, 0.25) is 0 Å². The van der Waals surface area contributed by atoms with Crippen molar-refractivity contribution in [1.29, 1.82) is 0 Å². The predicted molar refractivity (Wildman–Crippen MR) is 112 cm³/mol. The summed E-state index contributed by atoms with van der Waals surface area (Å²) in [6.07, 6.45) is 1.34. The van der Waals surface area contributed by atoms with Crippen LogP contribution in [0.4, 0.5) is 0 Å². The Kier molecular flexibility index (Phi) is 5.40. The van der Waals surface area contributed by atoms with E-state index in [1.807, 2.05) is 37.8 Å². The molecule has 0 spiro atoms. The molecule has 0 saturated carbocycles. The molecule has 2 saturated heterocycles. The summed E-state index contributed by atoms with van der Waals surface area (Å²) in [6, 6.07) is 5.42. The number of ether oxygens (including phenoxy) is 1. The minimum absolute atomic E-state index is 0.0184. The van der Waals surface area contributed by atoms with Crippen LogP contribution in [0.25, 0.3) is 11.0 Å². The van der Waals surface area contributed by atoms with Crippen LogP contribution in [0.15, 0.2) is 27.4 Å². The maximum atomic E-state index is 13.0. The molecule has 1 aromatic heterocycles. The highest BCUT2D eigenvalue weighted by atomic mass is 16.5. The predicted octanol–water partition coefficient (Wildman–Crippen LogP) is 2.39. The van der Waals surface area contributed by atoms with E-state index in [-0.39, 0.29) is 42.0 Å². The van der Waals surface area contributed by atoms with E-state index in [2.05, 4.69) is 4.90 Å². The lowest BCUT2D eigenvalue weighted by Crippen LogP contribution is -2.55. The molecule has 0 radical (unpaired) electrons. The fraction of sp³-hybridized carbons (Fsp3) is 0.522. The zero-order valence-electron chi connectivity index (χ0n) is 17.9. The van der Waals surface area contributed by atoms with Gasteiger partial charge in [0.15, 0.2) is 0 Å². The molecule has 2 fully saturated rings. The van der Waals surface area contributed by atoms with E-state index in [4.69, 9.17) is 9.15 Å². The molecule has 0 aliphatic carbocycles. The SMILES string of the molecule is CC[C@H]1[C@@H](C(=O)OC)C[C@H]2CN(Cc3cc(=O)oc4c(C)cc(C)cc34)CC(=O)N21. The summed E-state index contributed by atoms with van der Waals surface area (Å²) in [5.74, 6) is -0.485. The van der Waals surface area contributed by atoms with Gasteiger partial charge in [0.1, 0.15) is 5.58 Å². The number of piperazine rings is 1. The molecule has 160 valence electrons. The first-order valence-electron chi connectivity index (χ1n) is 10.5. The molecule has 7 heteroatoms. The van der Waals surface area contributed by atoms with Gasteiger partial charge in [-0.1, -0.05) is 13.0 Å². The number of hydrogen-bond donors (Lipinski definition) is 0. The van der Waals surface area contributed by atoms with Gasteiger partial charge in [-0.3, -0.25) is 14.5 Å². The Hall–Kier alpha value is -2.67. The molecule has 2 aliphatic rings. The number of amides is 1. The second-order valence-corrected chi connectivity index (χ2v) is 8.51. The van der Waals surface area contributed by atoms with Crippen molar-refractivity contribution in [2.45, 2.75) is 52.2 Å². The molecule has 7 nitrogen and oxygen atoms in total. The Morgan fingerprint density at radius 2 is 2.00 bits per heavy atom. The molecule has 3 heterocycles. The highest BCUT2D eigenvalue weighted by Gasteiger charge is 2.49. The zero-order chi connectivity index (χ0) is 21.6. The third kappa shape index (κ3) is 3.51. The van der Waals surface area contributed by atoms with Crippen molar-refractivity contribution in [2.24, 2.45) is 5.92 Å². The number of carbonyl (C=O) groups is 2. The fourth-order valence-electron chi connectivity index (χ4n) is 5.27. The number of fused-ring (bicyclic) bond motifs is 2. The summed E-state index contributed by atoms with van der Waals surface area (Å²) >= 11 is 0. The second-order valence-electron chi connectivity index (χ2n) is 8.51. The fourth-order valence-corrected chi connectivity index (χ4v) is 5.27. The van der Waals surface area contributed by atoms with Crippen LogP contribution < -0.4 is 5.63 Å². The maximum absolute atomic E-state index is 13.0.